The monoisotopic (exact) mass is 680 g/mol. The van der Waals surface area contributed by atoms with Crippen LogP contribution < -0.4 is 25.5 Å². The van der Waals surface area contributed by atoms with E-state index in [0.717, 1.165) is 22.9 Å². The van der Waals surface area contributed by atoms with Crippen molar-refractivity contribution in [2.45, 2.75) is 0 Å². The zero-order valence-electron chi connectivity index (χ0n) is 28.3. The van der Waals surface area contributed by atoms with Gasteiger partial charge in [0.15, 0.2) is 13.8 Å². The maximum absolute atomic E-state index is 7.12. The van der Waals surface area contributed by atoms with Crippen LogP contribution in [0.2, 0.25) is 0 Å². The largest absolute Gasteiger partial charge is 0.455 e. The van der Waals surface area contributed by atoms with Crippen molar-refractivity contribution in [1.29, 1.82) is 0 Å². The Morgan fingerprint density at radius 2 is 0.808 bits per heavy atom. The summed E-state index contributed by atoms with van der Waals surface area (Å²) in [6.07, 6.45) is 0. The summed E-state index contributed by atoms with van der Waals surface area (Å²) in [5.74, 6) is 1.85. The number of benzene rings is 8. The van der Waals surface area contributed by atoms with Crippen molar-refractivity contribution in [2.75, 3.05) is 0 Å². The van der Waals surface area contributed by atoms with Gasteiger partial charge in [-0.15, -0.1) is 0 Å². The maximum atomic E-state index is 7.12. The first kappa shape index (κ1) is 29.1. The summed E-state index contributed by atoms with van der Waals surface area (Å²) in [5, 5.41) is 10.2. The Morgan fingerprint density at radius 1 is 0.346 bits per heavy atom. The van der Waals surface area contributed by atoms with Gasteiger partial charge in [-0.05, 0) is 69.3 Å². The molecule has 52 heavy (non-hydrogen) atoms. The van der Waals surface area contributed by atoms with E-state index in [2.05, 4.69) is 203 Å². The molecule has 0 spiro atoms. The van der Waals surface area contributed by atoms with Crippen molar-refractivity contribution >= 4 is 72.4 Å². The van der Waals surface area contributed by atoms with Crippen LogP contribution in [0.4, 0.5) is 0 Å². The van der Waals surface area contributed by atoms with Gasteiger partial charge in [0.1, 0.15) is 5.75 Å². The summed E-state index contributed by atoms with van der Waals surface area (Å²) in [5.41, 5.74) is 6.97. The average Bonchev–Trinajstić information content (AvgIpc) is 3.73. The van der Waals surface area contributed by atoms with E-state index in [0.29, 0.717) is 0 Å². The van der Waals surface area contributed by atoms with Crippen LogP contribution in [0.5, 0.6) is 11.5 Å². The average molecular weight is 681 g/mol. The summed E-state index contributed by atoms with van der Waals surface area (Å²) in [6, 6.07) is 70.9. The van der Waals surface area contributed by atoms with E-state index >= 15 is 0 Å². The number of rotatable bonds is 4. The molecule has 0 N–H and O–H groups in total. The number of nitrogens with zero attached hydrogens (tertiary/aromatic N) is 2. The molecule has 0 radical (unpaired) electrons. The van der Waals surface area contributed by atoms with E-state index < -0.39 is 8.07 Å². The normalized spacial score (nSPS) is 15.2. The van der Waals surface area contributed by atoms with E-state index in [1.165, 1.54) is 64.4 Å². The van der Waals surface area contributed by atoms with Crippen molar-refractivity contribution in [3.05, 3.63) is 194 Å². The Labute approximate surface area is 302 Å². The van der Waals surface area contributed by atoms with E-state index in [4.69, 9.17) is 4.74 Å². The van der Waals surface area contributed by atoms with E-state index in [1.807, 2.05) is 0 Å². The number of hydrogen-bond acceptors (Lipinski definition) is 1. The summed E-state index contributed by atoms with van der Waals surface area (Å²) in [4.78, 5) is 0. The zero-order chi connectivity index (χ0) is 34.2. The highest BCUT2D eigenvalue weighted by atomic mass is 28.3. The molecule has 4 heteroatoms. The molecule has 1 aliphatic rings. The molecule has 0 amide bonds. The minimum absolute atomic E-state index is 0.921. The van der Waals surface area contributed by atoms with Gasteiger partial charge in [-0.3, -0.25) is 0 Å². The molecule has 10 aromatic rings. The SMILES string of the molecule is c1ccc([Si]2(c3ccc(-n4c5ccccc5c5ccccc54)cc3)c3ccccc3Oc3c(-n4c5ccccc5c5ccccc54)cccc32)cc1. The molecular weight excluding hydrogens is 649 g/mol. The third-order valence-electron chi connectivity index (χ3n) is 11.1. The van der Waals surface area contributed by atoms with Gasteiger partial charge in [0.25, 0.3) is 0 Å². The summed E-state index contributed by atoms with van der Waals surface area (Å²) >= 11 is 0. The fourth-order valence-electron chi connectivity index (χ4n) is 8.94. The quantitative estimate of drug-likeness (QED) is 0.170. The van der Waals surface area contributed by atoms with Crippen LogP contribution >= 0.6 is 0 Å². The van der Waals surface area contributed by atoms with Gasteiger partial charge in [-0.2, -0.15) is 0 Å². The number of hydrogen-bond donors (Lipinski definition) is 0. The Balaban J connectivity index is 1.21. The molecule has 0 aliphatic carbocycles. The Bertz CT molecular complexity index is 2890. The minimum atomic E-state index is -2.92. The van der Waals surface area contributed by atoms with Gasteiger partial charge in [0, 0.05) is 27.2 Å². The second-order valence-corrected chi connectivity index (χ2v) is 17.4. The van der Waals surface area contributed by atoms with E-state index in [-0.39, 0.29) is 0 Å². The molecule has 0 bridgehead atoms. The number of ether oxygens (including phenoxy) is 1. The zero-order valence-corrected chi connectivity index (χ0v) is 29.3. The Morgan fingerprint density at radius 3 is 1.40 bits per heavy atom. The third kappa shape index (κ3) is 3.95. The van der Waals surface area contributed by atoms with Crippen LogP contribution in [0.3, 0.4) is 0 Å². The highest BCUT2D eigenvalue weighted by Crippen LogP contribution is 2.39. The molecule has 3 heterocycles. The van der Waals surface area contributed by atoms with Crippen LogP contribution in [0, 0.1) is 0 Å². The molecule has 11 rings (SSSR count). The van der Waals surface area contributed by atoms with Crippen molar-refractivity contribution in [2.24, 2.45) is 0 Å². The fraction of sp³-hybridized carbons (Fsp3) is 0. The maximum Gasteiger partial charge on any atom is 0.188 e. The molecular formula is C48H32N2OSi. The molecule has 0 fully saturated rings. The van der Waals surface area contributed by atoms with Crippen molar-refractivity contribution in [3.8, 4) is 22.9 Å². The first-order chi connectivity index (χ1) is 25.8. The van der Waals surface area contributed by atoms with Gasteiger partial charge < -0.3 is 13.9 Å². The molecule has 1 unspecified atom stereocenters. The van der Waals surface area contributed by atoms with Crippen LogP contribution in [-0.2, 0) is 0 Å². The molecule has 244 valence electrons. The van der Waals surface area contributed by atoms with Crippen LogP contribution in [0.15, 0.2) is 194 Å². The summed E-state index contributed by atoms with van der Waals surface area (Å²) in [7, 11) is -2.92. The van der Waals surface area contributed by atoms with Crippen molar-refractivity contribution < 1.29 is 4.74 Å². The van der Waals surface area contributed by atoms with Crippen LogP contribution in [-0.4, -0.2) is 17.2 Å². The van der Waals surface area contributed by atoms with Gasteiger partial charge in [0.05, 0.1) is 27.8 Å². The predicted octanol–water partition coefficient (Wildman–Crippen LogP) is 9.36. The first-order valence-corrected chi connectivity index (χ1v) is 19.9. The predicted molar refractivity (Wildman–Crippen MR) is 219 cm³/mol. The molecule has 0 saturated carbocycles. The minimum Gasteiger partial charge on any atom is -0.455 e. The number of para-hydroxylation sites is 6. The second-order valence-electron chi connectivity index (χ2n) is 13.7. The number of fused-ring (bicyclic) bond motifs is 8. The second kappa shape index (κ2) is 11.2. The van der Waals surface area contributed by atoms with Crippen molar-refractivity contribution in [1.82, 2.24) is 9.13 Å². The lowest BCUT2D eigenvalue weighted by Gasteiger charge is -2.40. The summed E-state index contributed by atoms with van der Waals surface area (Å²) < 4.78 is 11.9. The van der Waals surface area contributed by atoms with Gasteiger partial charge in [0.2, 0.25) is 0 Å². The van der Waals surface area contributed by atoms with Crippen LogP contribution in [0.25, 0.3) is 55.0 Å². The lowest BCUT2D eigenvalue weighted by atomic mass is 10.2. The van der Waals surface area contributed by atoms with Crippen LogP contribution in [0.1, 0.15) is 0 Å². The lowest BCUT2D eigenvalue weighted by Crippen LogP contribution is -2.76. The fourth-order valence-corrected chi connectivity index (χ4v) is 13.9. The highest BCUT2D eigenvalue weighted by Gasteiger charge is 2.48. The van der Waals surface area contributed by atoms with E-state index in [1.54, 1.807) is 0 Å². The Kier molecular flexibility index (Phi) is 6.27. The molecule has 8 aromatic carbocycles. The molecule has 1 atom stereocenters. The van der Waals surface area contributed by atoms with Gasteiger partial charge in [-0.1, -0.05) is 146 Å². The standard InChI is InChI=1S/C48H32N2OSi/c1-2-15-34(16-3-1)52(35-31-29-33(30-32-35)49-40-21-8-4-17-36(40)37-18-5-9-22-41(37)49)46-27-13-12-26-45(46)51-48-44(25-14-28-47(48)52)50-42-23-10-6-19-38(42)39-20-7-11-24-43(39)50/h1-32H. The van der Waals surface area contributed by atoms with Gasteiger partial charge >= 0.3 is 0 Å². The van der Waals surface area contributed by atoms with E-state index in [9.17, 15) is 0 Å². The topological polar surface area (TPSA) is 19.1 Å². The molecule has 0 saturated heterocycles. The van der Waals surface area contributed by atoms with Gasteiger partial charge in [-0.25, -0.2) is 0 Å². The first-order valence-electron chi connectivity index (χ1n) is 17.9. The number of aromatic nitrogens is 2. The molecule has 2 aromatic heterocycles. The molecule has 3 nitrogen and oxygen atoms in total. The highest BCUT2D eigenvalue weighted by molar-refractivity contribution is 7.20. The third-order valence-corrected chi connectivity index (χ3v) is 15.9. The summed E-state index contributed by atoms with van der Waals surface area (Å²) in [6.45, 7) is 0. The lowest BCUT2D eigenvalue weighted by molar-refractivity contribution is 0.485. The Hall–Kier alpha value is -6.62. The molecule has 1 aliphatic heterocycles. The van der Waals surface area contributed by atoms with Crippen molar-refractivity contribution in [3.63, 3.8) is 0 Å². The smallest absolute Gasteiger partial charge is 0.188 e.